The molecule has 0 unspecified atom stereocenters. The van der Waals surface area contributed by atoms with Crippen LogP contribution in [0.4, 0.5) is 5.82 Å². The highest BCUT2D eigenvalue weighted by Crippen LogP contribution is 2.21. The van der Waals surface area contributed by atoms with E-state index in [2.05, 4.69) is 20.3 Å². The number of hydrogen-bond acceptors (Lipinski definition) is 4. The van der Waals surface area contributed by atoms with Crippen molar-refractivity contribution >= 4 is 34.7 Å². The second-order valence-electron chi connectivity index (χ2n) is 6.61. The Morgan fingerprint density at radius 1 is 1.26 bits per heavy atom. The van der Waals surface area contributed by atoms with Crippen LogP contribution < -0.4 is 5.32 Å². The fraction of sp³-hybridized carbons (Fsp3) is 0.200. The maximum Gasteiger partial charge on any atom is 0.246 e. The molecule has 0 spiro atoms. The quantitative estimate of drug-likeness (QED) is 0.699. The molecule has 2 N–H and O–H groups in total. The Morgan fingerprint density at radius 2 is 2.15 bits per heavy atom. The smallest absolute Gasteiger partial charge is 0.246 e. The van der Waals surface area contributed by atoms with Gasteiger partial charge < -0.3 is 15.2 Å². The van der Waals surface area contributed by atoms with Gasteiger partial charge >= 0.3 is 0 Å². The summed E-state index contributed by atoms with van der Waals surface area (Å²) < 4.78 is 0. The number of imidazole rings is 1. The first kappa shape index (κ1) is 17.0. The number of aromatic nitrogens is 3. The van der Waals surface area contributed by atoms with Gasteiger partial charge in [-0.3, -0.25) is 9.59 Å². The molecule has 3 aromatic rings. The minimum Gasteiger partial charge on any atom is -0.345 e. The summed E-state index contributed by atoms with van der Waals surface area (Å²) in [5.74, 6) is 0.509. The molecule has 0 saturated carbocycles. The van der Waals surface area contributed by atoms with Crippen LogP contribution in [0.2, 0.25) is 0 Å². The van der Waals surface area contributed by atoms with Crippen molar-refractivity contribution < 1.29 is 9.59 Å². The SMILES string of the molecule is CN(Cc1ccc2nc[nH]c2c1)C(=O)C=Cc1cnc2c(c1)CCC(=O)N2. The molecule has 0 fully saturated rings. The van der Waals surface area contributed by atoms with Gasteiger partial charge in [0.1, 0.15) is 5.82 Å². The average molecular weight is 361 g/mol. The topological polar surface area (TPSA) is 91.0 Å². The number of carbonyl (C=O) groups excluding carboxylic acids is 2. The van der Waals surface area contributed by atoms with E-state index in [1.54, 1.807) is 36.6 Å². The Bertz CT molecular complexity index is 1050. The third kappa shape index (κ3) is 3.72. The molecule has 136 valence electrons. The number of H-pyrrole nitrogens is 1. The van der Waals surface area contributed by atoms with E-state index < -0.39 is 0 Å². The number of aromatic amines is 1. The first-order chi connectivity index (χ1) is 13.1. The molecule has 2 aromatic heterocycles. The van der Waals surface area contributed by atoms with E-state index in [1.807, 2.05) is 24.3 Å². The number of benzene rings is 1. The summed E-state index contributed by atoms with van der Waals surface area (Å²) in [4.78, 5) is 37.0. The van der Waals surface area contributed by atoms with Gasteiger partial charge in [0.2, 0.25) is 11.8 Å². The van der Waals surface area contributed by atoms with Crippen molar-refractivity contribution in [3.8, 4) is 0 Å². The first-order valence-electron chi connectivity index (χ1n) is 8.72. The van der Waals surface area contributed by atoms with Crippen LogP contribution in [0.5, 0.6) is 0 Å². The summed E-state index contributed by atoms with van der Waals surface area (Å²) in [7, 11) is 1.77. The van der Waals surface area contributed by atoms with Crippen LogP contribution in [0, 0.1) is 0 Å². The zero-order valence-corrected chi connectivity index (χ0v) is 14.9. The van der Waals surface area contributed by atoms with Crippen LogP contribution in [-0.4, -0.2) is 38.7 Å². The number of carbonyl (C=O) groups is 2. The van der Waals surface area contributed by atoms with Crippen molar-refractivity contribution in [3.63, 3.8) is 0 Å². The molecule has 1 aliphatic heterocycles. The van der Waals surface area contributed by atoms with Gasteiger partial charge in [0.05, 0.1) is 17.4 Å². The lowest BCUT2D eigenvalue weighted by atomic mass is 10.0. The molecule has 4 rings (SSSR count). The van der Waals surface area contributed by atoms with Gasteiger partial charge in [-0.2, -0.15) is 0 Å². The number of nitrogens with one attached hydrogen (secondary N) is 2. The molecule has 0 saturated heterocycles. The van der Waals surface area contributed by atoms with Gasteiger partial charge in [-0.25, -0.2) is 9.97 Å². The van der Waals surface area contributed by atoms with E-state index in [1.165, 1.54) is 0 Å². The number of rotatable bonds is 4. The molecule has 27 heavy (non-hydrogen) atoms. The van der Waals surface area contributed by atoms with Gasteiger partial charge in [-0.05, 0) is 47.4 Å². The zero-order valence-electron chi connectivity index (χ0n) is 14.9. The largest absolute Gasteiger partial charge is 0.345 e. The van der Waals surface area contributed by atoms with Gasteiger partial charge in [-0.1, -0.05) is 6.07 Å². The highest BCUT2D eigenvalue weighted by molar-refractivity contribution is 5.93. The van der Waals surface area contributed by atoms with Crippen molar-refractivity contribution in [3.05, 3.63) is 59.6 Å². The van der Waals surface area contributed by atoms with Crippen LogP contribution in [0.3, 0.4) is 0 Å². The summed E-state index contributed by atoms with van der Waals surface area (Å²) in [6.07, 6.45) is 7.73. The van der Waals surface area contributed by atoms with Gasteiger partial charge in [0.25, 0.3) is 0 Å². The van der Waals surface area contributed by atoms with Gasteiger partial charge in [0, 0.05) is 32.3 Å². The third-order valence-electron chi connectivity index (χ3n) is 4.57. The van der Waals surface area contributed by atoms with Crippen LogP contribution in [0.25, 0.3) is 17.1 Å². The van der Waals surface area contributed by atoms with E-state index in [4.69, 9.17) is 0 Å². The molecule has 3 heterocycles. The number of nitrogens with zero attached hydrogens (tertiary/aromatic N) is 3. The summed E-state index contributed by atoms with van der Waals surface area (Å²) >= 11 is 0. The minimum atomic E-state index is -0.0919. The highest BCUT2D eigenvalue weighted by atomic mass is 16.2. The van der Waals surface area contributed by atoms with Crippen molar-refractivity contribution in [1.29, 1.82) is 0 Å². The number of fused-ring (bicyclic) bond motifs is 2. The Kier molecular flexibility index (Phi) is 4.42. The van der Waals surface area contributed by atoms with Crippen molar-refractivity contribution in [2.24, 2.45) is 0 Å². The number of aryl methyl sites for hydroxylation is 1. The van der Waals surface area contributed by atoms with Crippen LogP contribution >= 0.6 is 0 Å². The lowest BCUT2D eigenvalue weighted by Crippen LogP contribution is -2.24. The monoisotopic (exact) mass is 361 g/mol. The van der Waals surface area contributed by atoms with Crippen molar-refractivity contribution in [1.82, 2.24) is 19.9 Å². The maximum atomic E-state index is 12.4. The van der Waals surface area contributed by atoms with E-state index >= 15 is 0 Å². The number of amides is 2. The number of anilines is 1. The average Bonchev–Trinajstić information content (AvgIpc) is 3.13. The van der Waals surface area contributed by atoms with Crippen LogP contribution in [-0.2, 0) is 22.6 Å². The second kappa shape index (κ2) is 7.03. The second-order valence-corrected chi connectivity index (χ2v) is 6.61. The normalized spacial score (nSPS) is 13.6. The molecule has 7 nitrogen and oxygen atoms in total. The Balaban J connectivity index is 1.42. The Hall–Kier alpha value is -3.48. The number of hydrogen-bond donors (Lipinski definition) is 2. The molecule has 1 aliphatic rings. The fourth-order valence-corrected chi connectivity index (χ4v) is 3.09. The predicted molar refractivity (Wildman–Crippen MR) is 103 cm³/mol. The standard InChI is InChI=1S/C20H19N5O2/c1-25(11-14-2-5-16-17(9-14)23-12-22-16)19(27)7-3-13-8-15-4-6-18(26)24-20(15)21-10-13/h2-3,5,7-10,12H,4,6,11H2,1H3,(H,22,23)(H,21,24,26). The van der Waals surface area contributed by atoms with Crippen molar-refractivity contribution in [2.45, 2.75) is 19.4 Å². The summed E-state index contributed by atoms with van der Waals surface area (Å²) in [5, 5.41) is 2.75. The van der Waals surface area contributed by atoms with Crippen LogP contribution in [0.1, 0.15) is 23.1 Å². The molecule has 0 atom stereocenters. The molecule has 2 amide bonds. The molecular weight excluding hydrogens is 342 g/mol. The fourth-order valence-electron chi connectivity index (χ4n) is 3.09. The van der Waals surface area contributed by atoms with E-state index in [0.29, 0.717) is 25.2 Å². The molecular formula is C20H19N5O2. The van der Waals surface area contributed by atoms with Gasteiger partial charge in [-0.15, -0.1) is 0 Å². The molecule has 1 aromatic carbocycles. The van der Waals surface area contributed by atoms with E-state index in [-0.39, 0.29) is 11.8 Å². The lowest BCUT2D eigenvalue weighted by Gasteiger charge is -2.16. The van der Waals surface area contributed by atoms with Crippen molar-refractivity contribution in [2.75, 3.05) is 12.4 Å². The lowest BCUT2D eigenvalue weighted by molar-refractivity contribution is -0.125. The Morgan fingerprint density at radius 3 is 3.04 bits per heavy atom. The molecule has 0 bridgehead atoms. The highest BCUT2D eigenvalue weighted by Gasteiger charge is 2.15. The molecule has 7 heteroatoms. The predicted octanol–water partition coefficient (Wildman–Crippen LogP) is 2.51. The van der Waals surface area contributed by atoms with E-state index in [0.717, 1.165) is 27.7 Å². The number of likely N-dealkylation sites (N-methyl/N-ethyl adjacent to an activating group) is 1. The number of pyridine rings is 1. The molecule has 0 aliphatic carbocycles. The maximum absolute atomic E-state index is 12.4. The van der Waals surface area contributed by atoms with Crippen LogP contribution in [0.15, 0.2) is 42.9 Å². The summed E-state index contributed by atoms with van der Waals surface area (Å²) in [6.45, 7) is 0.507. The summed E-state index contributed by atoms with van der Waals surface area (Å²) in [5.41, 5.74) is 4.72. The zero-order chi connectivity index (χ0) is 18.8. The summed E-state index contributed by atoms with van der Waals surface area (Å²) in [6, 6.07) is 7.86. The van der Waals surface area contributed by atoms with Gasteiger partial charge in [0.15, 0.2) is 0 Å². The first-order valence-corrected chi connectivity index (χ1v) is 8.72. The third-order valence-corrected chi connectivity index (χ3v) is 4.57. The minimum absolute atomic E-state index is 0.0107. The van der Waals surface area contributed by atoms with E-state index in [9.17, 15) is 9.59 Å². The Labute approximate surface area is 156 Å². The molecule has 0 radical (unpaired) electrons.